The number of hydrogen-bond donors (Lipinski definition) is 6. The molecule has 402 valence electrons. The Hall–Kier alpha value is -5.52. The molecular formula is C60H90O12. The highest BCUT2D eigenvalue weighted by atomic mass is 16.4. The fraction of sp³-hybridized carbons (Fsp3) is 0.600. The van der Waals surface area contributed by atoms with Gasteiger partial charge in [-0.2, -0.15) is 0 Å². The minimum atomic E-state index is -1.20. The lowest BCUT2D eigenvalue weighted by molar-refractivity contribution is 0.0650. The van der Waals surface area contributed by atoms with Crippen molar-refractivity contribution in [2.24, 2.45) is 17.8 Å². The van der Waals surface area contributed by atoms with E-state index >= 15 is 0 Å². The van der Waals surface area contributed by atoms with Crippen LogP contribution in [-0.2, 0) is 38.5 Å². The lowest BCUT2D eigenvalue weighted by Crippen LogP contribution is -2.14. The standard InChI is InChI=1S/C28H46O4.C20H30O4.C12H14O4/c1-21(2)15-11-7-5-9-13-17-23-19-20-25(27(29)30)26(28(31)32)24(23)18-14-10-6-8-12-16-22(3)4;1-4-16-15(11-9-7-5-6-8-10-14(2)3)12-13-17(19(21)22)18(16)20(23)24;1-3-7-5-6-9(11(13)14)10(12(15)16)8(7)4-2/h19-22H,5-18H2,1-4H3,(H,29,30)(H,31,32);12-14H,4-11H2,1-3H3,(H,21,22)(H,23,24);5-6H,3-4H2,1-2H3,(H,13,14)(H,15,16). The number of rotatable bonds is 33. The Morgan fingerprint density at radius 3 is 0.875 bits per heavy atom. The van der Waals surface area contributed by atoms with Gasteiger partial charge in [0.15, 0.2) is 0 Å². The molecule has 0 fully saturated rings. The van der Waals surface area contributed by atoms with Crippen LogP contribution in [0.1, 0.15) is 273 Å². The monoisotopic (exact) mass is 1000 g/mol. The molecule has 0 spiro atoms. The molecule has 0 saturated carbocycles. The smallest absolute Gasteiger partial charge is 0.336 e. The van der Waals surface area contributed by atoms with Crippen molar-refractivity contribution < 1.29 is 59.4 Å². The van der Waals surface area contributed by atoms with Gasteiger partial charge in [0.05, 0.1) is 33.4 Å². The molecule has 0 aliphatic carbocycles. The highest BCUT2D eigenvalue weighted by molar-refractivity contribution is 6.04. The molecule has 0 saturated heterocycles. The van der Waals surface area contributed by atoms with E-state index in [9.17, 15) is 49.2 Å². The molecule has 12 heteroatoms. The summed E-state index contributed by atoms with van der Waals surface area (Å²) in [6.07, 6.45) is 25.2. The first-order valence-corrected chi connectivity index (χ1v) is 27.0. The average molecular weight is 1000 g/mol. The Morgan fingerprint density at radius 2 is 0.583 bits per heavy atom. The van der Waals surface area contributed by atoms with E-state index in [1.54, 1.807) is 12.1 Å². The van der Waals surface area contributed by atoms with Gasteiger partial charge in [0.2, 0.25) is 0 Å². The van der Waals surface area contributed by atoms with Gasteiger partial charge in [-0.05, 0) is 127 Å². The molecule has 0 aliphatic rings. The van der Waals surface area contributed by atoms with Gasteiger partial charge in [-0.15, -0.1) is 0 Å². The first-order valence-electron chi connectivity index (χ1n) is 27.0. The Morgan fingerprint density at radius 1 is 0.319 bits per heavy atom. The number of hydrogen-bond acceptors (Lipinski definition) is 6. The van der Waals surface area contributed by atoms with E-state index in [0.717, 1.165) is 97.8 Å². The second-order valence-corrected chi connectivity index (χ2v) is 20.4. The summed E-state index contributed by atoms with van der Waals surface area (Å²) in [6, 6.07) is 9.61. The molecule has 0 atom stereocenters. The van der Waals surface area contributed by atoms with Crippen LogP contribution in [0.2, 0.25) is 0 Å². The van der Waals surface area contributed by atoms with Crippen molar-refractivity contribution in [3.63, 3.8) is 0 Å². The van der Waals surface area contributed by atoms with Crippen LogP contribution in [0.15, 0.2) is 36.4 Å². The molecule has 0 heterocycles. The first kappa shape index (κ1) is 64.5. The maximum atomic E-state index is 12.0. The highest BCUT2D eigenvalue weighted by Crippen LogP contribution is 2.27. The molecule has 0 unspecified atom stereocenters. The fourth-order valence-electron chi connectivity index (χ4n) is 9.41. The van der Waals surface area contributed by atoms with Crippen molar-refractivity contribution in [2.75, 3.05) is 0 Å². The van der Waals surface area contributed by atoms with Crippen LogP contribution >= 0.6 is 0 Å². The Labute approximate surface area is 431 Å². The zero-order chi connectivity index (χ0) is 54.3. The topological polar surface area (TPSA) is 224 Å². The third kappa shape index (κ3) is 23.4. The number of carbonyl (C=O) groups is 6. The van der Waals surface area contributed by atoms with Crippen molar-refractivity contribution in [2.45, 2.75) is 216 Å². The quantitative estimate of drug-likeness (QED) is 0.0314. The molecule has 0 aromatic heterocycles. The Balaban J connectivity index is 0.000000571. The molecule has 0 aliphatic heterocycles. The highest BCUT2D eigenvalue weighted by Gasteiger charge is 2.24. The summed E-state index contributed by atoms with van der Waals surface area (Å²) in [5.41, 5.74) is 4.48. The zero-order valence-electron chi connectivity index (χ0n) is 45.3. The lowest BCUT2D eigenvalue weighted by Gasteiger charge is -2.15. The maximum absolute atomic E-state index is 12.0. The largest absolute Gasteiger partial charge is 0.478 e. The van der Waals surface area contributed by atoms with Gasteiger partial charge < -0.3 is 30.6 Å². The van der Waals surface area contributed by atoms with Crippen molar-refractivity contribution in [1.82, 2.24) is 0 Å². The van der Waals surface area contributed by atoms with E-state index in [0.29, 0.717) is 36.8 Å². The van der Waals surface area contributed by atoms with E-state index in [-0.39, 0.29) is 33.4 Å². The second-order valence-electron chi connectivity index (χ2n) is 20.4. The first-order chi connectivity index (χ1) is 34.1. The van der Waals surface area contributed by atoms with Gasteiger partial charge in [-0.3, -0.25) is 0 Å². The van der Waals surface area contributed by atoms with E-state index in [2.05, 4.69) is 41.5 Å². The minimum absolute atomic E-state index is 0.00624. The van der Waals surface area contributed by atoms with Crippen LogP contribution in [0.3, 0.4) is 0 Å². The van der Waals surface area contributed by atoms with Crippen molar-refractivity contribution in [3.05, 3.63) is 103 Å². The Kier molecular flexibility index (Phi) is 31.9. The summed E-state index contributed by atoms with van der Waals surface area (Å²) in [4.78, 5) is 68.4. The number of aromatic carboxylic acids is 6. The van der Waals surface area contributed by atoms with Crippen molar-refractivity contribution in [1.29, 1.82) is 0 Å². The number of carboxylic acid groups (broad SMARTS) is 6. The minimum Gasteiger partial charge on any atom is -0.478 e. The third-order valence-electron chi connectivity index (χ3n) is 13.3. The molecule has 6 N–H and O–H groups in total. The van der Waals surface area contributed by atoms with Crippen LogP contribution in [0.25, 0.3) is 0 Å². The molecule has 12 nitrogen and oxygen atoms in total. The van der Waals surface area contributed by atoms with Gasteiger partial charge in [0, 0.05) is 0 Å². The normalized spacial score (nSPS) is 11.0. The summed E-state index contributed by atoms with van der Waals surface area (Å²) in [7, 11) is 0. The van der Waals surface area contributed by atoms with Crippen LogP contribution in [-0.4, -0.2) is 66.5 Å². The van der Waals surface area contributed by atoms with E-state index in [1.807, 2.05) is 26.8 Å². The van der Waals surface area contributed by atoms with Gasteiger partial charge >= 0.3 is 35.8 Å². The molecule has 0 amide bonds. The number of aryl methyl sites for hydroxylation is 3. The van der Waals surface area contributed by atoms with Gasteiger partial charge in [-0.25, -0.2) is 28.8 Å². The maximum Gasteiger partial charge on any atom is 0.336 e. The fourth-order valence-corrected chi connectivity index (χ4v) is 9.41. The zero-order valence-corrected chi connectivity index (χ0v) is 45.3. The lowest BCUT2D eigenvalue weighted by atomic mass is 9.89. The SMILES string of the molecule is CC(C)CCCCCCCc1ccc(C(=O)O)c(C(=O)O)c1CCCCCCCC(C)C.CCc1c(CCCCCCCC(C)C)ccc(C(=O)O)c1C(=O)O.CCc1ccc(C(=O)O)c(C(=O)O)c1CC. The molecule has 3 aromatic rings. The van der Waals surface area contributed by atoms with Crippen LogP contribution in [0, 0.1) is 17.8 Å². The number of unbranched alkanes of at least 4 members (excludes halogenated alkanes) is 12. The summed E-state index contributed by atoms with van der Waals surface area (Å²) in [5, 5.41) is 55.9. The summed E-state index contributed by atoms with van der Waals surface area (Å²) >= 11 is 0. The van der Waals surface area contributed by atoms with E-state index in [1.165, 1.54) is 88.8 Å². The molecular weight excluding hydrogens is 913 g/mol. The van der Waals surface area contributed by atoms with Crippen LogP contribution < -0.4 is 0 Å². The molecule has 3 aromatic carbocycles. The summed E-state index contributed by atoms with van der Waals surface area (Å²) < 4.78 is 0. The molecule has 72 heavy (non-hydrogen) atoms. The number of carboxylic acids is 6. The molecule has 0 bridgehead atoms. The van der Waals surface area contributed by atoms with E-state index in [4.69, 9.17) is 10.2 Å². The third-order valence-corrected chi connectivity index (χ3v) is 13.3. The van der Waals surface area contributed by atoms with E-state index < -0.39 is 35.8 Å². The molecule has 3 rings (SSSR count). The Bertz CT molecular complexity index is 2170. The van der Waals surface area contributed by atoms with Gasteiger partial charge in [0.1, 0.15) is 0 Å². The van der Waals surface area contributed by atoms with Crippen molar-refractivity contribution in [3.8, 4) is 0 Å². The summed E-state index contributed by atoms with van der Waals surface area (Å²) in [6.45, 7) is 19.1. The number of benzene rings is 3. The molecule has 0 radical (unpaired) electrons. The predicted octanol–water partition coefficient (Wildman–Crippen LogP) is 15.6. The van der Waals surface area contributed by atoms with Crippen molar-refractivity contribution >= 4 is 35.8 Å². The second kappa shape index (κ2) is 35.6. The van der Waals surface area contributed by atoms with Gasteiger partial charge in [0.25, 0.3) is 0 Å². The predicted molar refractivity (Wildman–Crippen MR) is 288 cm³/mol. The summed E-state index contributed by atoms with van der Waals surface area (Å²) in [5.74, 6) is -4.73. The average Bonchev–Trinajstić information content (AvgIpc) is 3.31. The van der Waals surface area contributed by atoms with Crippen LogP contribution in [0.4, 0.5) is 0 Å². The van der Waals surface area contributed by atoms with Crippen LogP contribution in [0.5, 0.6) is 0 Å². The van der Waals surface area contributed by atoms with Gasteiger partial charge in [-0.1, -0.05) is 177 Å².